The molecule has 0 rings (SSSR count). The van der Waals surface area contributed by atoms with Crippen LogP contribution in [0.2, 0.25) is 5.79 Å². The van der Waals surface area contributed by atoms with E-state index in [-0.39, 0.29) is 5.79 Å². The van der Waals surface area contributed by atoms with Crippen LogP contribution in [0.3, 0.4) is 0 Å². The molecule has 30 valence electrons. The minimum absolute atomic E-state index is 0.208. The summed E-state index contributed by atoms with van der Waals surface area (Å²) in [5, 5.41) is 0. The van der Waals surface area contributed by atoms with E-state index in [1.807, 2.05) is 21.7 Å². The monoisotopic (exact) mass is 72.1 g/mol. The maximum Gasteiger partial charge on any atom is 0.105 e. The normalized spacial score (nSPS) is 24.0. The Labute approximate surface area is 36.4 Å². The van der Waals surface area contributed by atoms with Crippen LogP contribution < -0.4 is 0 Å². The lowest BCUT2D eigenvalue weighted by atomic mass is 9.88. The Bertz CT molecular complexity index is 37.3. The highest BCUT2D eigenvalue weighted by atomic mass is 13.8. The maximum absolute atomic E-state index is 7.18. The minimum atomic E-state index is -0.208. The van der Waals surface area contributed by atoms with Gasteiger partial charge in [0.15, 0.2) is 0 Å². The van der Waals surface area contributed by atoms with Crippen LogP contribution in [0.1, 0.15) is 21.6 Å². The van der Waals surface area contributed by atoms with E-state index in [1.54, 1.807) is 0 Å². The van der Waals surface area contributed by atoms with Crippen molar-refractivity contribution in [1.82, 2.24) is 0 Å². The second-order valence-electron chi connectivity index (χ2n) is 1.56. The van der Waals surface area contributed by atoms with Gasteiger partial charge >= 0.3 is 0 Å². The van der Waals surface area contributed by atoms with Gasteiger partial charge in [-0.15, -0.1) is 0 Å². The third-order valence-corrected chi connectivity index (χ3v) is 0.707. The van der Waals surface area contributed by atoms with E-state index in [4.69, 9.17) is 1.37 Å². The van der Waals surface area contributed by atoms with Gasteiger partial charge in [-0.1, -0.05) is 26.1 Å². The van der Waals surface area contributed by atoms with Crippen molar-refractivity contribution in [2.24, 2.45) is 0 Å². The van der Waals surface area contributed by atoms with Crippen molar-refractivity contribution in [2.75, 3.05) is 0 Å². The molecule has 0 aliphatic heterocycles. The van der Waals surface area contributed by atoms with Crippen molar-refractivity contribution >= 4 is 7.85 Å². The average molecular weight is 72.0 g/mol. The van der Waals surface area contributed by atoms with Gasteiger partial charge < -0.3 is 0 Å². The first-order chi connectivity index (χ1) is 2.56. The van der Waals surface area contributed by atoms with Crippen LogP contribution in [0, 0.1) is 0 Å². The fourth-order valence-corrected chi connectivity index (χ4v) is 0. The van der Waals surface area contributed by atoms with Gasteiger partial charge in [-0.25, -0.2) is 0 Å². The molecule has 0 saturated heterocycles. The summed E-state index contributed by atoms with van der Waals surface area (Å²) in [5.41, 5.74) is 0. The summed E-state index contributed by atoms with van der Waals surface area (Å²) in [6.45, 7) is 3.93. The Balaban J connectivity index is 3.17. The predicted octanol–water partition coefficient (Wildman–Crippen LogP) is 0.838. The number of hydrogen-bond donors (Lipinski definition) is 0. The molecular weight excluding hydrogens is 58.9 g/mol. The molecule has 0 nitrogen and oxygen atoms in total. The molecule has 0 fully saturated rings. The largest absolute Gasteiger partial charge is 0.105 e. The maximum atomic E-state index is 7.18. The summed E-state index contributed by atoms with van der Waals surface area (Å²) < 4.78 is 7.18. The summed E-state index contributed by atoms with van der Waals surface area (Å²) in [6, 6.07) is 0. The van der Waals surface area contributed by atoms with Crippen LogP contribution in [-0.4, -0.2) is 7.85 Å². The summed E-state index contributed by atoms with van der Waals surface area (Å²) in [6.07, 6.45) is 0.938. The molecule has 1 atom stereocenters. The van der Waals surface area contributed by atoms with Crippen LogP contribution in [0.5, 0.6) is 0 Å². The molecule has 0 N–H and O–H groups in total. The molecule has 5 heavy (non-hydrogen) atoms. The van der Waals surface area contributed by atoms with Gasteiger partial charge in [0.1, 0.15) is 7.85 Å². The molecule has 0 aromatic carbocycles. The lowest BCUT2D eigenvalue weighted by Gasteiger charge is -1.90. The topological polar surface area (TPSA) is 0 Å². The van der Waals surface area contributed by atoms with E-state index in [2.05, 4.69) is 0 Å². The Morgan fingerprint density at radius 2 is 2.40 bits per heavy atom. The third-order valence-electron chi connectivity index (χ3n) is 0.707. The zero-order valence-electron chi connectivity index (χ0n) is 5.21. The molecule has 0 heterocycles. The van der Waals surface area contributed by atoms with Crippen LogP contribution in [0.4, 0.5) is 0 Å². The van der Waals surface area contributed by atoms with E-state index < -0.39 is 0 Å². The fourth-order valence-electron chi connectivity index (χ4n) is 0. The standard InChI is InChI=1S/C4H11B/c1-3-4(2)5/h4H,3,5H2,1-2H3/i4T. The first-order valence-corrected chi connectivity index (χ1v) is 2.06. The molecule has 0 aliphatic rings. The second-order valence-corrected chi connectivity index (χ2v) is 1.56. The van der Waals surface area contributed by atoms with Crippen molar-refractivity contribution in [1.29, 1.82) is 0 Å². The Morgan fingerprint density at radius 3 is 2.40 bits per heavy atom. The van der Waals surface area contributed by atoms with Crippen LogP contribution >= 0.6 is 0 Å². The molecule has 0 radical (unpaired) electrons. The number of rotatable bonds is 1. The molecule has 0 aliphatic carbocycles. The van der Waals surface area contributed by atoms with Crippen molar-refractivity contribution in [3.05, 3.63) is 0 Å². The predicted molar refractivity (Wildman–Crippen MR) is 28.3 cm³/mol. The zero-order valence-corrected chi connectivity index (χ0v) is 4.21. The molecule has 0 spiro atoms. The van der Waals surface area contributed by atoms with Gasteiger partial charge in [0.05, 0.1) is 0 Å². The Kier molecular flexibility index (Phi) is 1.51. The van der Waals surface area contributed by atoms with Crippen molar-refractivity contribution < 1.29 is 1.37 Å². The average Bonchev–Trinajstić information content (AvgIpc) is 1.35. The zero-order chi connectivity index (χ0) is 5.21. The lowest BCUT2D eigenvalue weighted by Crippen LogP contribution is -1.76. The van der Waals surface area contributed by atoms with Crippen LogP contribution in [0.15, 0.2) is 0 Å². The van der Waals surface area contributed by atoms with Gasteiger partial charge in [0.2, 0.25) is 0 Å². The van der Waals surface area contributed by atoms with Crippen molar-refractivity contribution in [3.8, 4) is 0 Å². The van der Waals surface area contributed by atoms with Gasteiger partial charge in [-0.05, 0) is 0 Å². The van der Waals surface area contributed by atoms with Crippen LogP contribution in [0.25, 0.3) is 0 Å². The SMILES string of the molecule is [3H]C(B)(C)CC. The molecule has 0 aromatic heterocycles. The Hall–Kier alpha value is 0.0649. The second kappa shape index (κ2) is 2.31. The first-order valence-electron chi connectivity index (χ1n) is 2.56. The third kappa shape index (κ3) is 4.06. The van der Waals surface area contributed by atoms with Crippen LogP contribution in [-0.2, 0) is 0 Å². The summed E-state index contributed by atoms with van der Waals surface area (Å²) >= 11 is 0. The van der Waals surface area contributed by atoms with Gasteiger partial charge in [-0.2, -0.15) is 0 Å². The number of hydrogen-bond acceptors (Lipinski definition) is 0. The fraction of sp³-hybridized carbons (Fsp3) is 1.00. The van der Waals surface area contributed by atoms with Gasteiger partial charge in [-0.3, -0.25) is 0 Å². The summed E-state index contributed by atoms with van der Waals surface area (Å²) in [7, 11) is 1.91. The molecule has 0 amide bonds. The quantitative estimate of drug-likeness (QED) is 0.402. The van der Waals surface area contributed by atoms with E-state index in [9.17, 15) is 0 Å². The highest BCUT2D eigenvalue weighted by Gasteiger charge is 1.80. The molecule has 0 aromatic rings. The molecule has 1 heteroatoms. The summed E-state index contributed by atoms with van der Waals surface area (Å²) in [5.74, 6) is -0.208. The van der Waals surface area contributed by atoms with Gasteiger partial charge in [0, 0.05) is 1.37 Å². The van der Waals surface area contributed by atoms with E-state index in [1.165, 1.54) is 0 Å². The van der Waals surface area contributed by atoms with E-state index in [0.29, 0.717) is 0 Å². The van der Waals surface area contributed by atoms with E-state index in [0.717, 1.165) is 6.42 Å². The minimum Gasteiger partial charge on any atom is -0.0728 e. The highest BCUT2D eigenvalue weighted by molar-refractivity contribution is 6.11. The molecule has 0 saturated carbocycles. The lowest BCUT2D eigenvalue weighted by molar-refractivity contribution is 0.880. The van der Waals surface area contributed by atoms with Crippen molar-refractivity contribution in [2.45, 2.75) is 26.1 Å². The molecule has 0 bridgehead atoms. The summed E-state index contributed by atoms with van der Waals surface area (Å²) in [4.78, 5) is 0. The van der Waals surface area contributed by atoms with Crippen molar-refractivity contribution in [3.63, 3.8) is 0 Å². The molecule has 1 unspecified atom stereocenters. The highest BCUT2D eigenvalue weighted by Crippen LogP contribution is 1.97. The smallest absolute Gasteiger partial charge is 0.0728 e. The van der Waals surface area contributed by atoms with Gasteiger partial charge in [0.25, 0.3) is 0 Å². The first kappa shape index (κ1) is 3.26. The molecular formula is C4H11B. The van der Waals surface area contributed by atoms with E-state index >= 15 is 0 Å². The Morgan fingerprint density at radius 1 is 2.20 bits per heavy atom.